The summed E-state index contributed by atoms with van der Waals surface area (Å²) in [5.41, 5.74) is 6.85. The van der Waals surface area contributed by atoms with Crippen LogP contribution < -0.4 is 15.8 Å². The molecule has 2 unspecified atom stereocenters. The maximum absolute atomic E-state index is 12.0. The highest BCUT2D eigenvalue weighted by molar-refractivity contribution is 5.78. The molecule has 1 aliphatic rings. The molecule has 1 saturated carbocycles. The molecular weight excluding hydrogens is 264 g/mol. The van der Waals surface area contributed by atoms with E-state index >= 15 is 0 Å². The van der Waals surface area contributed by atoms with Gasteiger partial charge in [0.15, 0.2) is 6.61 Å². The van der Waals surface area contributed by atoms with Gasteiger partial charge in [-0.05, 0) is 42.7 Å². The van der Waals surface area contributed by atoms with E-state index in [0.717, 1.165) is 17.7 Å². The van der Waals surface area contributed by atoms with Crippen LogP contribution in [0.15, 0.2) is 24.3 Å². The number of rotatable bonds is 8. The van der Waals surface area contributed by atoms with Crippen molar-refractivity contribution in [3.05, 3.63) is 29.8 Å². The second-order valence-corrected chi connectivity index (χ2v) is 5.88. The molecule has 0 aliphatic heterocycles. The minimum atomic E-state index is -0.0868. The van der Waals surface area contributed by atoms with Gasteiger partial charge in [0.2, 0.25) is 0 Å². The summed E-state index contributed by atoms with van der Waals surface area (Å²) in [6.45, 7) is 4.87. The molecule has 2 rings (SSSR count). The number of carbonyl (C=O) groups is 1. The van der Waals surface area contributed by atoms with Crippen LogP contribution in [-0.2, 0) is 4.79 Å². The van der Waals surface area contributed by atoms with Crippen LogP contribution in [0.3, 0.4) is 0 Å². The fourth-order valence-corrected chi connectivity index (χ4v) is 2.50. The van der Waals surface area contributed by atoms with Crippen LogP contribution in [0.5, 0.6) is 5.75 Å². The number of hydrogen-bond donors (Lipinski definition) is 2. The zero-order valence-corrected chi connectivity index (χ0v) is 13.0. The highest BCUT2D eigenvalue weighted by Gasteiger charge is 2.31. The summed E-state index contributed by atoms with van der Waals surface area (Å²) in [6, 6.07) is 8.04. The lowest BCUT2D eigenvalue weighted by Gasteiger charge is -2.18. The topological polar surface area (TPSA) is 64.3 Å². The van der Waals surface area contributed by atoms with Crippen molar-refractivity contribution in [1.82, 2.24) is 5.32 Å². The van der Waals surface area contributed by atoms with Gasteiger partial charge >= 0.3 is 0 Å². The van der Waals surface area contributed by atoms with Crippen LogP contribution in [-0.4, -0.2) is 25.1 Å². The Morgan fingerprint density at radius 3 is 2.76 bits per heavy atom. The van der Waals surface area contributed by atoms with E-state index in [0.29, 0.717) is 18.4 Å². The molecule has 1 fully saturated rings. The van der Waals surface area contributed by atoms with Crippen molar-refractivity contribution in [2.75, 3.05) is 13.2 Å². The van der Waals surface area contributed by atoms with E-state index in [-0.39, 0.29) is 18.6 Å². The average molecular weight is 290 g/mol. The van der Waals surface area contributed by atoms with Crippen LogP contribution >= 0.6 is 0 Å². The molecule has 1 aromatic rings. The van der Waals surface area contributed by atoms with Gasteiger partial charge < -0.3 is 15.8 Å². The predicted molar refractivity (Wildman–Crippen MR) is 84.4 cm³/mol. The van der Waals surface area contributed by atoms with Gasteiger partial charge in [-0.25, -0.2) is 0 Å². The Morgan fingerprint density at radius 2 is 2.14 bits per heavy atom. The molecule has 3 N–H and O–H groups in total. The maximum Gasteiger partial charge on any atom is 0.258 e. The molecule has 2 atom stereocenters. The quantitative estimate of drug-likeness (QED) is 0.773. The Kier molecular flexibility index (Phi) is 5.62. The first-order valence-corrected chi connectivity index (χ1v) is 7.86. The zero-order valence-electron chi connectivity index (χ0n) is 13.0. The third-order valence-electron chi connectivity index (χ3n) is 4.21. The van der Waals surface area contributed by atoms with Crippen LogP contribution in [0.4, 0.5) is 0 Å². The van der Waals surface area contributed by atoms with Gasteiger partial charge in [-0.1, -0.05) is 32.0 Å². The number of nitrogens with two attached hydrogens (primary N) is 1. The van der Waals surface area contributed by atoms with Gasteiger partial charge in [-0.15, -0.1) is 0 Å². The lowest BCUT2D eigenvalue weighted by molar-refractivity contribution is -0.123. The molecule has 0 heterocycles. The van der Waals surface area contributed by atoms with Crippen molar-refractivity contribution >= 4 is 5.91 Å². The van der Waals surface area contributed by atoms with E-state index < -0.39 is 0 Å². The van der Waals surface area contributed by atoms with Crippen molar-refractivity contribution < 1.29 is 9.53 Å². The fraction of sp³-hybridized carbons (Fsp3) is 0.588. The molecule has 0 saturated heterocycles. The van der Waals surface area contributed by atoms with Crippen molar-refractivity contribution in [1.29, 1.82) is 0 Å². The largest absolute Gasteiger partial charge is 0.483 e. The molecule has 21 heavy (non-hydrogen) atoms. The molecule has 1 amide bonds. The first-order valence-electron chi connectivity index (χ1n) is 7.86. The molecule has 0 bridgehead atoms. The molecule has 1 aromatic carbocycles. The van der Waals surface area contributed by atoms with Gasteiger partial charge in [0.05, 0.1) is 0 Å². The molecular formula is C17H26N2O2. The highest BCUT2D eigenvalue weighted by atomic mass is 16.5. The summed E-state index contributed by atoms with van der Waals surface area (Å²) >= 11 is 0. The minimum Gasteiger partial charge on any atom is -0.483 e. The van der Waals surface area contributed by atoms with Gasteiger partial charge in [0, 0.05) is 12.6 Å². The van der Waals surface area contributed by atoms with Gasteiger partial charge in [0.1, 0.15) is 5.75 Å². The monoisotopic (exact) mass is 290 g/mol. The van der Waals surface area contributed by atoms with Crippen molar-refractivity contribution in [3.63, 3.8) is 0 Å². The molecule has 0 aromatic heterocycles. The average Bonchev–Trinajstić information content (AvgIpc) is 3.34. The zero-order chi connectivity index (χ0) is 15.2. The normalized spacial score (nSPS) is 17.1. The Balaban J connectivity index is 1.88. The summed E-state index contributed by atoms with van der Waals surface area (Å²) < 4.78 is 5.71. The highest BCUT2D eigenvalue weighted by Crippen LogP contribution is 2.32. The first kappa shape index (κ1) is 15.8. The molecule has 116 valence electrons. The molecule has 0 radical (unpaired) electrons. The van der Waals surface area contributed by atoms with Gasteiger partial charge in [-0.3, -0.25) is 4.79 Å². The summed E-state index contributed by atoms with van der Waals surface area (Å²) in [4.78, 5) is 12.0. The van der Waals surface area contributed by atoms with Crippen molar-refractivity contribution in [2.24, 2.45) is 11.7 Å². The number of benzene rings is 1. The van der Waals surface area contributed by atoms with Crippen molar-refractivity contribution in [2.45, 2.75) is 45.1 Å². The second kappa shape index (κ2) is 7.46. The maximum atomic E-state index is 12.0. The standard InChI is InChI=1S/C17H26N2O2/c1-3-12(2)14-6-4-5-7-16(14)21-11-17(20)19-15(10-18)13-8-9-13/h4-7,12-13,15H,3,8-11,18H2,1-2H3,(H,19,20). The van der Waals surface area contributed by atoms with Crippen LogP contribution in [0.25, 0.3) is 0 Å². The Labute approximate surface area is 127 Å². The Morgan fingerprint density at radius 1 is 1.43 bits per heavy atom. The number of ether oxygens (including phenoxy) is 1. The van der Waals surface area contributed by atoms with E-state index in [2.05, 4.69) is 25.2 Å². The van der Waals surface area contributed by atoms with Crippen LogP contribution in [0.1, 0.15) is 44.6 Å². The lowest BCUT2D eigenvalue weighted by atomic mass is 9.98. The molecule has 0 spiro atoms. The smallest absolute Gasteiger partial charge is 0.258 e. The Hall–Kier alpha value is -1.55. The second-order valence-electron chi connectivity index (χ2n) is 5.88. The van der Waals surface area contributed by atoms with Crippen molar-refractivity contribution in [3.8, 4) is 5.75 Å². The van der Waals surface area contributed by atoms with E-state index in [1.54, 1.807) is 0 Å². The number of para-hydroxylation sites is 1. The van der Waals surface area contributed by atoms with E-state index in [9.17, 15) is 4.79 Å². The van der Waals surface area contributed by atoms with Gasteiger partial charge in [0.25, 0.3) is 5.91 Å². The summed E-state index contributed by atoms with van der Waals surface area (Å²) in [5.74, 6) is 1.70. The molecule has 4 heteroatoms. The Bertz CT molecular complexity index is 472. The number of hydrogen-bond acceptors (Lipinski definition) is 3. The summed E-state index contributed by atoms with van der Waals surface area (Å²) in [6.07, 6.45) is 3.38. The van der Waals surface area contributed by atoms with E-state index in [4.69, 9.17) is 10.5 Å². The van der Waals surface area contributed by atoms with E-state index in [1.165, 1.54) is 12.8 Å². The first-order chi connectivity index (χ1) is 10.2. The minimum absolute atomic E-state index is 0.0522. The van der Waals surface area contributed by atoms with E-state index in [1.807, 2.05) is 18.2 Å². The van der Waals surface area contributed by atoms with Gasteiger partial charge in [-0.2, -0.15) is 0 Å². The summed E-state index contributed by atoms with van der Waals surface area (Å²) in [7, 11) is 0. The van der Waals surface area contributed by atoms with Crippen LogP contribution in [0, 0.1) is 5.92 Å². The summed E-state index contributed by atoms with van der Waals surface area (Å²) in [5, 5.41) is 2.97. The number of amides is 1. The SMILES string of the molecule is CCC(C)c1ccccc1OCC(=O)NC(CN)C1CC1. The number of carbonyl (C=O) groups excluding carboxylic acids is 1. The number of nitrogens with one attached hydrogen (secondary N) is 1. The molecule has 1 aliphatic carbocycles. The van der Waals surface area contributed by atoms with Crippen LogP contribution in [0.2, 0.25) is 0 Å². The molecule has 4 nitrogen and oxygen atoms in total. The fourth-order valence-electron chi connectivity index (χ4n) is 2.50. The predicted octanol–water partition coefficient (Wildman–Crippen LogP) is 2.43. The third kappa shape index (κ3) is 4.46. The lowest BCUT2D eigenvalue weighted by Crippen LogP contribution is -2.43. The third-order valence-corrected chi connectivity index (χ3v) is 4.21.